The summed E-state index contributed by atoms with van der Waals surface area (Å²) in [6.45, 7) is 0.626. The molecule has 0 saturated carbocycles. The maximum Gasteiger partial charge on any atom is 0.242 e. The monoisotopic (exact) mass is 513 g/mol. The summed E-state index contributed by atoms with van der Waals surface area (Å²) >= 11 is 6.57. The highest BCUT2D eigenvalue weighted by Gasteiger charge is 2.35. The number of nitriles is 1. The van der Waals surface area contributed by atoms with Crippen LogP contribution in [0.3, 0.4) is 0 Å². The third kappa shape index (κ3) is 5.02. The highest BCUT2D eigenvalue weighted by Crippen LogP contribution is 2.27. The van der Waals surface area contributed by atoms with Gasteiger partial charge in [0.2, 0.25) is 10.0 Å². The van der Waals surface area contributed by atoms with Crippen molar-refractivity contribution in [2.24, 2.45) is 0 Å². The third-order valence-electron chi connectivity index (χ3n) is 4.23. The van der Waals surface area contributed by atoms with Crippen molar-refractivity contribution in [3.05, 3.63) is 57.5 Å². The molecule has 0 aromatic heterocycles. The van der Waals surface area contributed by atoms with Crippen molar-refractivity contribution in [3.63, 3.8) is 0 Å². The van der Waals surface area contributed by atoms with Crippen molar-refractivity contribution in [3.8, 4) is 11.9 Å². The summed E-state index contributed by atoms with van der Waals surface area (Å²) in [5.41, 5.74) is 0. The molecule has 0 radical (unpaired) electrons. The fraction of sp³-hybridized carbons (Fsp3) is 0.278. The van der Waals surface area contributed by atoms with E-state index in [1.54, 1.807) is 23.1 Å². The van der Waals surface area contributed by atoms with E-state index in [0.29, 0.717) is 28.5 Å². The largest absolute Gasteiger partial charge is 0.491 e. The standard InChI is InChI=1S/C18H17Br2N3O3S/c19-13-6-7-17(20)18(8-13)27(24,25)22-14-9-15(23(10-14)12-21)11-26-16-4-2-1-3-5-16/h1-8,14-15,22H,9-11H2/t14-,15-/m1/s1. The van der Waals surface area contributed by atoms with Gasteiger partial charge in [0.15, 0.2) is 6.19 Å². The van der Waals surface area contributed by atoms with E-state index in [1.165, 1.54) is 0 Å². The second-order valence-corrected chi connectivity index (χ2v) is 9.61. The number of nitrogens with zero attached hydrogens (tertiary/aromatic N) is 2. The number of ether oxygens (including phenoxy) is 1. The van der Waals surface area contributed by atoms with E-state index in [2.05, 4.69) is 42.8 Å². The van der Waals surface area contributed by atoms with Gasteiger partial charge >= 0.3 is 0 Å². The Labute approximate surface area is 175 Å². The van der Waals surface area contributed by atoms with Crippen LogP contribution in [-0.2, 0) is 10.0 Å². The lowest BCUT2D eigenvalue weighted by Crippen LogP contribution is -2.36. The number of hydrogen-bond acceptors (Lipinski definition) is 5. The van der Waals surface area contributed by atoms with Crippen LogP contribution in [0.1, 0.15) is 6.42 Å². The number of benzene rings is 2. The van der Waals surface area contributed by atoms with Crippen LogP contribution in [0.2, 0.25) is 0 Å². The summed E-state index contributed by atoms with van der Waals surface area (Å²) in [5, 5.41) is 9.38. The van der Waals surface area contributed by atoms with Gasteiger partial charge in [-0.25, -0.2) is 13.1 Å². The summed E-state index contributed by atoms with van der Waals surface area (Å²) in [6.07, 6.45) is 2.62. The van der Waals surface area contributed by atoms with Crippen LogP contribution in [0.15, 0.2) is 62.4 Å². The molecule has 0 spiro atoms. The Morgan fingerprint density at radius 1 is 1.22 bits per heavy atom. The van der Waals surface area contributed by atoms with Gasteiger partial charge in [-0.3, -0.25) is 0 Å². The number of hydrogen-bond donors (Lipinski definition) is 1. The predicted molar refractivity (Wildman–Crippen MR) is 109 cm³/mol. The minimum atomic E-state index is -3.72. The first-order valence-electron chi connectivity index (χ1n) is 8.20. The average Bonchev–Trinajstić information content (AvgIpc) is 3.03. The summed E-state index contributed by atoms with van der Waals surface area (Å²) in [5.74, 6) is 0.720. The third-order valence-corrected chi connectivity index (χ3v) is 7.24. The molecule has 0 unspecified atom stereocenters. The first-order valence-corrected chi connectivity index (χ1v) is 11.3. The Hall–Kier alpha value is -1.60. The van der Waals surface area contributed by atoms with Gasteiger partial charge in [0.25, 0.3) is 0 Å². The molecule has 1 aliphatic heterocycles. The van der Waals surface area contributed by atoms with Crippen molar-refractivity contribution in [2.75, 3.05) is 13.2 Å². The van der Waals surface area contributed by atoms with E-state index in [0.717, 1.165) is 5.75 Å². The van der Waals surface area contributed by atoms with Crippen LogP contribution < -0.4 is 9.46 Å². The molecule has 2 atom stereocenters. The molecular formula is C18H17Br2N3O3S. The first kappa shape index (κ1) is 20.1. The van der Waals surface area contributed by atoms with Crippen molar-refractivity contribution in [1.82, 2.24) is 9.62 Å². The molecule has 1 heterocycles. The summed E-state index contributed by atoms with van der Waals surface area (Å²) in [6, 6.07) is 13.7. The lowest BCUT2D eigenvalue weighted by molar-refractivity contribution is 0.219. The Balaban J connectivity index is 1.67. The van der Waals surface area contributed by atoms with E-state index in [4.69, 9.17) is 4.74 Å². The van der Waals surface area contributed by atoms with Gasteiger partial charge in [0.05, 0.1) is 10.9 Å². The van der Waals surface area contributed by atoms with Crippen LogP contribution in [0.25, 0.3) is 0 Å². The first-order chi connectivity index (χ1) is 12.9. The average molecular weight is 515 g/mol. The lowest BCUT2D eigenvalue weighted by Gasteiger charge is -2.18. The number of halogens is 2. The van der Waals surface area contributed by atoms with Crippen LogP contribution in [0.5, 0.6) is 5.75 Å². The Kier molecular flexibility index (Phi) is 6.42. The van der Waals surface area contributed by atoms with Gasteiger partial charge in [-0.05, 0) is 52.7 Å². The van der Waals surface area contributed by atoms with Crippen LogP contribution in [0, 0.1) is 11.5 Å². The molecule has 0 amide bonds. The van der Waals surface area contributed by atoms with Crippen molar-refractivity contribution in [1.29, 1.82) is 5.26 Å². The van der Waals surface area contributed by atoms with Crippen LogP contribution >= 0.6 is 31.9 Å². The maximum absolute atomic E-state index is 12.7. The minimum Gasteiger partial charge on any atom is -0.491 e. The van der Waals surface area contributed by atoms with E-state index in [-0.39, 0.29) is 17.0 Å². The summed E-state index contributed by atoms with van der Waals surface area (Å²) < 4.78 is 35.1. The fourth-order valence-electron chi connectivity index (χ4n) is 2.96. The van der Waals surface area contributed by atoms with E-state index in [9.17, 15) is 13.7 Å². The maximum atomic E-state index is 12.7. The van der Waals surface area contributed by atoms with E-state index >= 15 is 0 Å². The SMILES string of the molecule is N#CN1C[C@H](NS(=O)(=O)c2cc(Br)ccc2Br)C[C@@H]1COc1ccccc1. The second kappa shape index (κ2) is 8.61. The Morgan fingerprint density at radius 2 is 1.96 bits per heavy atom. The zero-order valence-corrected chi connectivity index (χ0v) is 18.2. The number of nitrogens with one attached hydrogen (secondary N) is 1. The molecule has 0 aliphatic carbocycles. The molecular weight excluding hydrogens is 498 g/mol. The Morgan fingerprint density at radius 3 is 2.67 bits per heavy atom. The van der Waals surface area contributed by atoms with Gasteiger partial charge in [-0.1, -0.05) is 34.1 Å². The van der Waals surface area contributed by atoms with Crippen molar-refractivity contribution >= 4 is 41.9 Å². The quantitative estimate of drug-likeness (QED) is 0.596. The minimum absolute atomic E-state index is 0.157. The highest BCUT2D eigenvalue weighted by molar-refractivity contribution is 9.11. The molecule has 142 valence electrons. The number of sulfonamides is 1. The zero-order valence-electron chi connectivity index (χ0n) is 14.2. The highest BCUT2D eigenvalue weighted by atomic mass is 79.9. The smallest absolute Gasteiger partial charge is 0.242 e. The van der Waals surface area contributed by atoms with Gasteiger partial charge in [-0.15, -0.1) is 0 Å². The van der Waals surface area contributed by atoms with E-state index in [1.807, 2.05) is 30.3 Å². The van der Waals surface area contributed by atoms with Crippen molar-refractivity contribution < 1.29 is 13.2 Å². The number of rotatable bonds is 6. The Bertz CT molecular complexity index is 948. The van der Waals surface area contributed by atoms with E-state index < -0.39 is 10.0 Å². The molecule has 1 saturated heterocycles. The molecule has 27 heavy (non-hydrogen) atoms. The molecule has 6 nitrogen and oxygen atoms in total. The number of likely N-dealkylation sites (tertiary alicyclic amines) is 1. The molecule has 2 aromatic rings. The summed E-state index contributed by atoms with van der Waals surface area (Å²) in [7, 11) is -3.72. The normalized spacial score (nSPS) is 19.7. The predicted octanol–water partition coefficient (Wildman–Crippen LogP) is 3.49. The summed E-state index contributed by atoms with van der Waals surface area (Å²) in [4.78, 5) is 1.72. The van der Waals surface area contributed by atoms with Gasteiger partial charge < -0.3 is 9.64 Å². The van der Waals surface area contributed by atoms with Crippen molar-refractivity contribution in [2.45, 2.75) is 23.4 Å². The van der Waals surface area contributed by atoms with Crippen LogP contribution in [0.4, 0.5) is 0 Å². The fourth-order valence-corrected chi connectivity index (χ4v) is 5.70. The zero-order chi connectivity index (χ0) is 19.4. The molecule has 2 aromatic carbocycles. The topological polar surface area (TPSA) is 82.4 Å². The second-order valence-electron chi connectivity index (χ2n) is 6.16. The molecule has 1 fully saturated rings. The molecule has 9 heteroatoms. The molecule has 0 bridgehead atoms. The van der Waals surface area contributed by atoms with Crippen LogP contribution in [-0.4, -0.2) is 38.6 Å². The molecule has 1 N–H and O–H groups in total. The van der Waals surface area contributed by atoms with Gasteiger partial charge in [0.1, 0.15) is 12.4 Å². The number of para-hydroxylation sites is 1. The lowest BCUT2D eigenvalue weighted by atomic mass is 10.2. The molecule has 3 rings (SSSR count). The van der Waals surface area contributed by atoms with Gasteiger partial charge in [0, 0.05) is 21.5 Å². The van der Waals surface area contributed by atoms with Gasteiger partial charge in [-0.2, -0.15) is 5.26 Å². The molecule has 1 aliphatic rings.